The number of fused-ring (bicyclic) bond motifs is 6. The molecule has 4 heteroatoms. The Labute approximate surface area is 451 Å². The van der Waals surface area contributed by atoms with E-state index in [0.717, 1.165) is 110 Å². The van der Waals surface area contributed by atoms with E-state index in [1.54, 1.807) is 0 Å². The molecule has 4 nitrogen and oxygen atoms in total. The van der Waals surface area contributed by atoms with Crippen molar-refractivity contribution in [3.8, 4) is 78.6 Å². The second-order valence-corrected chi connectivity index (χ2v) is 20.0. The summed E-state index contributed by atoms with van der Waals surface area (Å²) < 4.78 is 14.6. The molecule has 0 aliphatic heterocycles. The van der Waals surface area contributed by atoms with Crippen LogP contribution in [0.1, 0.15) is 11.1 Å². The summed E-state index contributed by atoms with van der Waals surface area (Å²) in [5, 5.41) is 34.8. The van der Waals surface area contributed by atoms with Crippen LogP contribution in [0.3, 0.4) is 0 Å². The topological polar surface area (TPSA) is 58.9 Å². The van der Waals surface area contributed by atoms with Crippen LogP contribution in [0.2, 0.25) is 0 Å². The van der Waals surface area contributed by atoms with E-state index in [0.29, 0.717) is 23.0 Å². The molecule has 14 rings (SSSR count). The van der Waals surface area contributed by atoms with Crippen molar-refractivity contribution in [1.29, 1.82) is 0 Å². The summed E-state index contributed by atoms with van der Waals surface area (Å²) in [5.74, 6) is 2.54. The van der Waals surface area contributed by atoms with Crippen molar-refractivity contribution in [1.82, 2.24) is 0 Å². The van der Waals surface area contributed by atoms with Gasteiger partial charge in [-0.25, -0.2) is 0 Å². The highest BCUT2D eigenvalue weighted by atomic mass is 16.5. The molecule has 14 aromatic rings. The van der Waals surface area contributed by atoms with Crippen LogP contribution in [0.5, 0.6) is 23.0 Å². The van der Waals surface area contributed by atoms with Crippen LogP contribution < -0.4 is 9.47 Å². The van der Waals surface area contributed by atoms with Gasteiger partial charge in [0.25, 0.3) is 0 Å². The van der Waals surface area contributed by atoms with Crippen molar-refractivity contribution in [2.24, 2.45) is 0 Å². The summed E-state index contributed by atoms with van der Waals surface area (Å²) in [4.78, 5) is 0. The van der Waals surface area contributed by atoms with Crippen LogP contribution in [-0.4, -0.2) is 10.2 Å². The van der Waals surface area contributed by atoms with Gasteiger partial charge in [-0.05, 0) is 169 Å². The smallest absolute Gasteiger partial charge is 0.136 e. The molecule has 0 atom stereocenters. The van der Waals surface area contributed by atoms with Gasteiger partial charge in [-0.2, -0.15) is 0 Å². The fraction of sp³-hybridized carbons (Fsp3) is 0.0270. The fourth-order valence-corrected chi connectivity index (χ4v) is 11.8. The number of hydrogen-bond acceptors (Lipinski definition) is 4. The van der Waals surface area contributed by atoms with Gasteiger partial charge in [0, 0.05) is 11.1 Å². The molecule has 0 unspecified atom stereocenters. The number of hydrogen-bond donors (Lipinski definition) is 2. The molecule has 14 aromatic carbocycles. The Morgan fingerprint density at radius 1 is 0.244 bits per heavy atom. The zero-order valence-electron chi connectivity index (χ0n) is 42.5. The van der Waals surface area contributed by atoms with Gasteiger partial charge in [0.15, 0.2) is 0 Å². The molecule has 0 aliphatic rings. The van der Waals surface area contributed by atoms with Crippen molar-refractivity contribution < 1.29 is 19.7 Å². The number of aliphatic hydroxyl groups is 2. The first-order valence-corrected chi connectivity index (χ1v) is 26.5. The van der Waals surface area contributed by atoms with Gasteiger partial charge in [-0.3, -0.25) is 0 Å². The molecule has 0 spiro atoms. The van der Waals surface area contributed by atoms with E-state index < -0.39 is 0 Å². The van der Waals surface area contributed by atoms with Crippen LogP contribution >= 0.6 is 0 Å². The van der Waals surface area contributed by atoms with Crippen LogP contribution in [0, 0.1) is 0 Å². The first kappa shape index (κ1) is 46.7. The Balaban J connectivity index is 1.01. The highest BCUT2D eigenvalue weighted by Crippen LogP contribution is 2.50. The average Bonchev–Trinajstić information content (AvgIpc) is 3.67. The predicted molar refractivity (Wildman–Crippen MR) is 324 cm³/mol. The normalized spacial score (nSPS) is 11.6. The summed E-state index contributed by atoms with van der Waals surface area (Å²) in [6, 6.07) is 93.3. The molecule has 0 heterocycles. The van der Waals surface area contributed by atoms with Crippen molar-refractivity contribution >= 4 is 64.6 Å². The van der Waals surface area contributed by atoms with E-state index in [1.165, 1.54) is 21.5 Å². The molecule has 0 radical (unpaired) electrons. The summed E-state index contributed by atoms with van der Waals surface area (Å²) in [6.07, 6.45) is 0. The lowest BCUT2D eigenvalue weighted by Crippen LogP contribution is -1.97. The van der Waals surface area contributed by atoms with Crippen LogP contribution in [0.15, 0.2) is 267 Å². The molecule has 0 aliphatic carbocycles. The number of aliphatic hydroxyl groups excluding tert-OH is 2. The van der Waals surface area contributed by atoms with Gasteiger partial charge in [-0.1, -0.05) is 218 Å². The van der Waals surface area contributed by atoms with Gasteiger partial charge < -0.3 is 19.7 Å². The van der Waals surface area contributed by atoms with Crippen LogP contribution in [0.25, 0.3) is 120 Å². The second-order valence-electron chi connectivity index (χ2n) is 20.0. The lowest BCUT2D eigenvalue weighted by atomic mass is 9.89. The second kappa shape index (κ2) is 19.7. The lowest BCUT2D eigenvalue weighted by Gasteiger charge is -2.21. The largest absolute Gasteiger partial charge is 0.457 e. The van der Waals surface area contributed by atoms with E-state index in [9.17, 15) is 10.2 Å². The molecule has 0 saturated carbocycles. The maximum absolute atomic E-state index is 10.8. The first-order valence-electron chi connectivity index (χ1n) is 26.5. The average molecular weight is 1000 g/mol. The highest BCUT2D eigenvalue weighted by molar-refractivity contribution is 6.12. The monoisotopic (exact) mass is 1000 g/mol. The summed E-state index contributed by atoms with van der Waals surface area (Å²) in [6.45, 7) is -0.254. The number of benzene rings is 14. The first-order chi connectivity index (χ1) is 38.6. The van der Waals surface area contributed by atoms with Gasteiger partial charge in [0.2, 0.25) is 0 Å². The summed E-state index contributed by atoms with van der Waals surface area (Å²) in [7, 11) is 0. The molecule has 0 bridgehead atoms. The van der Waals surface area contributed by atoms with Crippen molar-refractivity contribution in [3.63, 3.8) is 0 Å². The zero-order chi connectivity index (χ0) is 52.1. The molecule has 370 valence electrons. The fourth-order valence-electron chi connectivity index (χ4n) is 11.8. The van der Waals surface area contributed by atoms with Crippen molar-refractivity contribution in [2.45, 2.75) is 13.2 Å². The van der Waals surface area contributed by atoms with E-state index in [-0.39, 0.29) is 13.2 Å². The Bertz CT molecular complexity index is 4350. The Morgan fingerprint density at radius 3 is 0.974 bits per heavy atom. The minimum atomic E-state index is -0.127. The molecular formula is C74H50O4. The molecule has 0 aromatic heterocycles. The maximum Gasteiger partial charge on any atom is 0.136 e. The van der Waals surface area contributed by atoms with E-state index in [1.807, 2.05) is 24.3 Å². The molecule has 0 saturated heterocycles. The van der Waals surface area contributed by atoms with E-state index in [4.69, 9.17) is 9.47 Å². The molecule has 2 N–H and O–H groups in total. The predicted octanol–water partition coefficient (Wildman–Crippen LogP) is 19.5. The van der Waals surface area contributed by atoms with Gasteiger partial charge in [0.05, 0.1) is 13.2 Å². The van der Waals surface area contributed by atoms with Crippen LogP contribution in [0.4, 0.5) is 0 Å². The van der Waals surface area contributed by atoms with E-state index in [2.05, 4.69) is 243 Å². The molecule has 0 amide bonds. The van der Waals surface area contributed by atoms with Crippen molar-refractivity contribution in [2.75, 3.05) is 0 Å². The standard InChI is InChI=1S/C74H50O4/c75-45-55-29-35-57(43-69(55)67-27-11-19-49-15-3-7-23-61(49)67)77-71-39-33-53-41-51(63-25-9-17-47-13-1-5-21-59(47)63)31-37-65(53)73(71)74-66-38-32-52(64-26-10-18-48-14-2-6-22-60(48)64)42-54(66)34-40-72(74)78-58-36-30-56(46-76)70(44-58)68-28-12-20-50-16-4-8-24-62(50)68/h1-44,75-76H,45-46H2. The Hall–Kier alpha value is -9.84. The maximum atomic E-state index is 10.8. The highest BCUT2D eigenvalue weighted by Gasteiger charge is 2.23. The SMILES string of the molecule is OCc1ccc(Oc2ccc3cc(-c4cccc5ccccc45)ccc3c2-c2c(Oc3ccc(CO)c(-c4cccc5ccccc45)c3)ccc3cc(-c4cccc5ccccc45)ccc23)cc1-c1cccc2ccccc12. The number of rotatable bonds is 11. The summed E-state index contributed by atoms with van der Waals surface area (Å²) in [5.41, 5.74) is 11.7. The minimum absolute atomic E-state index is 0.127. The minimum Gasteiger partial charge on any atom is -0.457 e. The molecular weight excluding hydrogens is 953 g/mol. The third kappa shape index (κ3) is 8.28. The molecule has 0 fully saturated rings. The third-order valence-corrected chi connectivity index (χ3v) is 15.5. The quantitative estimate of drug-likeness (QED) is 0.136. The third-order valence-electron chi connectivity index (χ3n) is 15.5. The molecule has 78 heavy (non-hydrogen) atoms. The van der Waals surface area contributed by atoms with Gasteiger partial charge >= 0.3 is 0 Å². The Kier molecular flexibility index (Phi) is 11.8. The number of ether oxygens (including phenoxy) is 2. The van der Waals surface area contributed by atoms with E-state index >= 15 is 0 Å². The van der Waals surface area contributed by atoms with Crippen molar-refractivity contribution in [3.05, 3.63) is 278 Å². The summed E-state index contributed by atoms with van der Waals surface area (Å²) >= 11 is 0. The lowest BCUT2D eigenvalue weighted by molar-refractivity contribution is 0.282. The van der Waals surface area contributed by atoms with Gasteiger partial charge in [0.1, 0.15) is 23.0 Å². The zero-order valence-corrected chi connectivity index (χ0v) is 42.5. The van der Waals surface area contributed by atoms with Gasteiger partial charge in [-0.15, -0.1) is 0 Å². The Morgan fingerprint density at radius 2 is 0.590 bits per heavy atom. The van der Waals surface area contributed by atoms with Crippen LogP contribution in [-0.2, 0) is 13.2 Å².